The smallest absolute Gasteiger partial charge is 0.155 e. The lowest BCUT2D eigenvalue weighted by molar-refractivity contribution is -0.113. The van der Waals surface area contributed by atoms with Crippen LogP contribution in [0.25, 0.3) is 0 Å². The number of rotatable bonds is 6. The fourth-order valence-electron chi connectivity index (χ4n) is 1.53. The average molecular weight is 182 g/mol. The Morgan fingerprint density at radius 1 is 1.00 bits per heavy atom. The highest BCUT2D eigenvalue weighted by Crippen LogP contribution is 2.17. The number of allylic oxidation sites excluding steroid dienone is 2. The molecule has 0 amide bonds. The molecule has 0 aliphatic rings. The van der Waals surface area contributed by atoms with Gasteiger partial charge in [-0.2, -0.15) is 0 Å². The van der Waals surface area contributed by atoms with Crippen molar-refractivity contribution >= 4 is 5.78 Å². The molecule has 0 saturated carbocycles. The van der Waals surface area contributed by atoms with Crippen LogP contribution in [-0.4, -0.2) is 5.78 Å². The van der Waals surface area contributed by atoms with E-state index in [9.17, 15) is 4.79 Å². The number of hydrogen-bond donors (Lipinski definition) is 0. The van der Waals surface area contributed by atoms with E-state index in [0.29, 0.717) is 0 Å². The van der Waals surface area contributed by atoms with E-state index in [2.05, 4.69) is 20.8 Å². The van der Waals surface area contributed by atoms with Gasteiger partial charge in [0.25, 0.3) is 0 Å². The lowest BCUT2D eigenvalue weighted by atomic mass is 9.97. The van der Waals surface area contributed by atoms with Gasteiger partial charge in [0.05, 0.1) is 0 Å². The quantitative estimate of drug-likeness (QED) is 0.570. The van der Waals surface area contributed by atoms with Crippen LogP contribution in [-0.2, 0) is 4.79 Å². The Kier molecular flexibility index (Phi) is 6.56. The van der Waals surface area contributed by atoms with Crippen molar-refractivity contribution in [2.75, 3.05) is 0 Å². The normalized spacial score (nSPS) is 12.6. The number of hydrogen-bond acceptors (Lipinski definition) is 1. The predicted molar refractivity (Wildman–Crippen MR) is 57.8 cm³/mol. The van der Waals surface area contributed by atoms with Gasteiger partial charge in [-0.1, -0.05) is 32.3 Å². The third-order valence-electron chi connectivity index (χ3n) is 2.35. The summed E-state index contributed by atoms with van der Waals surface area (Å²) in [5, 5.41) is 0. The van der Waals surface area contributed by atoms with E-state index in [1.165, 1.54) is 18.4 Å². The van der Waals surface area contributed by atoms with E-state index in [-0.39, 0.29) is 5.78 Å². The third kappa shape index (κ3) is 4.87. The summed E-state index contributed by atoms with van der Waals surface area (Å²) in [6.07, 6.45) is 5.51. The lowest BCUT2D eigenvalue weighted by Gasteiger charge is -2.07. The topological polar surface area (TPSA) is 17.1 Å². The van der Waals surface area contributed by atoms with Gasteiger partial charge in [0.15, 0.2) is 5.78 Å². The summed E-state index contributed by atoms with van der Waals surface area (Å²) in [6, 6.07) is 0. The molecule has 0 unspecified atom stereocenters. The van der Waals surface area contributed by atoms with Crippen molar-refractivity contribution in [3.8, 4) is 0 Å². The summed E-state index contributed by atoms with van der Waals surface area (Å²) in [7, 11) is 0. The highest BCUT2D eigenvalue weighted by molar-refractivity contribution is 5.93. The van der Waals surface area contributed by atoms with Crippen molar-refractivity contribution in [3.63, 3.8) is 0 Å². The standard InChI is InChI=1S/C12H22O/c1-5-7-9-10(3)12(8-6-2)11(4)13/h5-9H2,1-4H3/b12-10-. The van der Waals surface area contributed by atoms with Gasteiger partial charge >= 0.3 is 0 Å². The molecule has 1 heteroatoms. The monoisotopic (exact) mass is 182 g/mol. The molecule has 0 spiro atoms. The number of carbonyl (C=O) groups is 1. The Hall–Kier alpha value is -0.590. The van der Waals surface area contributed by atoms with Crippen LogP contribution < -0.4 is 0 Å². The highest BCUT2D eigenvalue weighted by Gasteiger charge is 2.06. The molecule has 0 radical (unpaired) electrons. The molecule has 1 nitrogen and oxygen atoms in total. The van der Waals surface area contributed by atoms with Crippen LogP contribution in [0.15, 0.2) is 11.1 Å². The van der Waals surface area contributed by atoms with Crippen LogP contribution in [0, 0.1) is 0 Å². The first-order valence-corrected chi connectivity index (χ1v) is 5.33. The second kappa shape index (κ2) is 6.88. The predicted octanol–water partition coefficient (Wildman–Crippen LogP) is 3.88. The van der Waals surface area contributed by atoms with Gasteiger partial charge in [-0.25, -0.2) is 0 Å². The van der Waals surface area contributed by atoms with Gasteiger partial charge in [0.1, 0.15) is 0 Å². The Morgan fingerprint density at radius 3 is 2.00 bits per heavy atom. The molecule has 0 saturated heterocycles. The number of ketones is 1. The third-order valence-corrected chi connectivity index (χ3v) is 2.35. The fourth-order valence-corrected chi connectivity index (χ4v) is 1.53. The van der Waals surface area contributed by atoms with E-state index in [0.717, 1.165) is 24.8 Å². The molecule has 0 aromatic heterocycles. The van der Waals surface area contributed by atoms with Crippen molar-refractivity contribution in [1.29, 1.82) is 0 Å². The van der Waals surface area contributed by atoms with Crippen LogP contribution >= 0.6 is 0 Å². The summed E-state index contributed by atoms with van der Waals surface area (Å²) in [5.74, 6) is 0.260. The first-order chi connectivity index (χ1) is 6.13. The molecule has 0 aliphatic heterocycles. The average Bonchev–Trinajstić information content (AvgIpc) is 2.09. The van der Waals surface area contributed by atoms with Gasteiger partial charge < -0.3 is 0 Å². The van der Waals surface area contributed by atoms with Gasteiger partial charge in [-0.15, -0.1) is 0 Å². The van der Waals surface area contributed by atoms with Crippen molar-refractivity contribution in [1.82, 2.24) is 0 Å². The minimum Gasteiger partial charge on any atom is -0.295 e. The van der Waals surface area contributed by atoms with Crippen LogP contribution in [0.4, 0.5) is 0 Å². The Bertz CT molecular complexity index is 189. The molecule has 0 fully saturated rings. The molecular formula is C12H22O. The van der Waals surface area contributed by atoms with E-state index in [1.807, 2.05) is 0 Å². The molecule has 0 N–H and O–H groups in total. The Labute approximate surface area is 82.2 Å². The minimum atomic E-state index is 0.260. The van der Waals surface area contributed by atoms with E-state index >= 15 is 0 Å². The summed E-state index contributed by atoms with van der Waals surface area (Å²) in [6.45, 7) is 8.08. The zero-order chi connectivity index (χ0) is 10.3. The molecule has 0 aromatic rings. The van der Waals surface area contributed by atoms with Crippen LogP contribution in [0.1, 0.15) is 59.8 Å². The zero-order valence-corrected chi connectivity index (χ0v) is 9.44. The molecule has 13 heavy (non-hydrogen) atoms. The van der Waals surface area contributed by atoms with Crippen molar-refractivity contribution in [2.24, 2.45) is 0 Å². The molecule has 0 aliphatic carbocycles. The Morgan fingerprint density at radius 2 is 1.62 bits per heavy atom. The van der Waals surface area contributed by atoms with Crippen molar-refractivity contribution < 1.29 is 4.79 Å². The van der Waals surface area contributed by atoms with Crippen LogP contribution in [0.2, 0.25) is 0 Å². The van der Waals surface area contributed by atoms with Crippen molar-refractivity contribution in [2.45, 2.75) is 59.8 Å². The first kappa shape index (κ1) is 12.4. The molecule has 0 rings (SSSR count). The molecule has 0 heterocycles. The Balaban J connectivity index is 4.35. The first-order valence-electron chi connectivity index (χ1n) is 5.33. The molecule has 0 aromatic carbocycles. The van der Waals surface area contributed by atoms with Gasteiger partial charge in [-0.3, -0.25) is 4.79 Å². The van der Waals surface area contributed by atoms with Crippen LogP contribution in [0.5, 0.6) is 0 Å². The van der Waals surface area contributed by atoms with Gasteiger partial charge in [0.2, 0.25) is 0 Å². The van der Waals surface area contributed by atoms with E-state index < -0.39 is 0 Å². The number of unbranched alkanes of at least 4 members (excludes halogenated alkanes) is 1. The maximum absolute atomic E-state index is 11.3. The summed E-state index contributed by atoms with van der Waals surface area (Å²) in [5.41, 5.74) is 2.37. The largest absolute Gasteiger partial charge is 0.295 e. The van der Waals surface area contributed by atoms with E-state index in [1.54, 1.807) is 6.92 Å². The van der Waals surface area contributed by atoms with Gasteiger partial charge in [0, 0.05) is 0 Å². The second-order valence-electron chi connectivity index (χ2n) is 3.67. The molecule has 76 valence electrons. The lowest BCUT2D eigenvalue weighted by Crippen LogP contribution is -2.00. The maximum Gasteiger partial charge on any atom is 0.155 e. The summed E-state index contributed by atoms with van der Waals surface area (Å²) < 4.78 is 0. The molecule has 0 bridgehead atoms. The van der Waals surface area contributed by atoms with E-state index in [4.69, 9.17) is 0 Å². The van der Waals surface area contributed by atoms with Crippen molar-refractivity contribution in [3.05, 3.63) is 11.1 Å². The minimum absolute atomic E-state index is 0.260. The zero-order valence-electron chi connectivity index (χ0n) is 9.44. The highest BCUT2D eigenvalue weighted by atomic mass is 16.1. The number of Topliss-reactive ketones (excluding diaryl/α,β-unsaturated/α-hetero) is 1. The van der Waals surface area contributed by atoms with Crippen LogP contribution in [0.3, 0.4) is 0 Å². The molecule has 0 atom stereocenters. The second-order valence-corrected chi connectivity index (χ2v) is 3.67. The summed E-state index contributed by atoms with van der Waals surface area (Å²) >= 11 is 0. The maximum atomic E-state index is 11.3. The number of carbonyl (C=O) groups excluding carboxylic acids is 1. The fraction of sp³-hybridized carbons (Fsp3) is 0.750. The summed E-state index contributed by atoms with van der Waals surface area (Å²) in [4.78, 5) is 11.3. The van der Waals surface area contributed by atoms with Gasteiger partial charge in [-0.05, 0) is 38.7 Å². The molecular weight excluding hydrogens is 160 g/mol. The SMILES string of the molecule is CCCC/C(C)=C(/CCC)C(C)=O.